The highest BCUT2D eigenvalue weighted by atomic mass is 32.1. The van der Waals surface area contributed by atoms with Crippen LogP contribution in [-0.2, 0) is 4.74 Å². The average molecular weight is 664 g/mol. The quantitative estimate of drug-likeness (QED) is 0.155. The maximum atomic E-state index is 14.8. The number of hydrogen-bond donors (Lipinski definition) is 1. The number of rotatable bonds is 9. The Morgan fingerprint density at radius 3 is 2.48 bits per heavy atom. The van der Waals surface area contributed by atoms with E-state index in [-0.39, 0.29) is 10.9 Å². The van der Waals surface area contributed by atoms with E-state index in [1.54, 1.807) is 24.7 Å². The molecular formula is C33H38FN5O5SSi. The second-order valence-electron chi connectivity index (χ2n) is 12.7. The Morgan fingerprint density at radius 2 is 1.76 bits per heavy atom. The van der Waals surface area contributed by atoms with Crippen LogP contribution < -0.4 is 19.2 Å². The SMILES string of the molecule is COc1nc2cc(C)cc(-c3cc4ncsc4cc3O[C@@H](C)[C@@H](C)OC(=O)Nc3cncc(O[Si](C)(C)C(C)(C)C)c3)c2nc1F. The van der Waals surface area contributed by atoms with Crippen LogP contribution in [0.4, 0.5) is 14.9 Å². The van der Waals surface area contributed by atoms with Crippen molar-refractivity contribution in [2.45, 2.75) is 71.9 Å². The Labute approximate surface area is 272 Å². The summed E-state index contributed by atoms with van der Waals surface area (Å²) >= 11 is 1.47. The number of nitrogens with one attached hydrogen (secondary N) is 1. The largest absolute Gasteiger partial charge is 0.542 e. The number of halogens is 1. The molecule has 0 bridgehead atoms. The van der Waals surface area contributed by atoms with Gasteiger partial charge in [0.1, 0.15) is 29.2 Å². The maximum Gasteiger partial charge on any atom is 0.412 e. The molecule has 0 fully saturated rings. The third-order valence-corrected chi connectivity index (χ3v) is 13.3. The number of anilines is 1. The first-order chi connectivity index (χ1) is 21.6. The van der Waals surface area contributed by atoms with Crippen molar-refractivity contribution < 1.29 is 27.8 Å². The van der Waals surface area contributed by atoms with Crippen molar-refractivity contribution in [1.82, 2.24) is 19.9 Å². The summed E-state index contributed by atoms with van der Waals surface area (Å²) < 4.78 is 39.2. The topological polar surface area (TPSA) is 118 Å². The first kappa shape index (κ1) is 33.0. The van der Waals surface area contributed by atoms with Crippen molar-refractivity contribution in [3.8, 4) is 28.5 Å². The summed E-state index contributed by atoms with van der Waals surface area (Å²) in [5.41, 5.74) is 5.96. The van der Waals surface area contributed by atoms with E-state index < -0.39 is 32.6 Å². The van der Waals surface area contributed by atoms with Crippen LogP contribution in [0.5, 0.6) is 17.4 Å². The van der Waals surface area contributed by atoms with Crippen molar-refractivity contribution in [3.63, 3.8) is 0 Å². The highest BCUT2D eigenvalue weighted by molar-refractivity contribution is 7.16. The van der Waals surface area contributed by atoms with Gasteiger partial charge >= 0.3 is 6.09 Å². The lowest BCUT2D eigenvalue weighted by atomic mass is 9.99. The van der Waals surface area contributed by atoms with Gasteiger partial charge in [-0.2, -0.15) is 4.39 Å². The van der Waals surface area contributed by atoms with Crippen molar-refractivity contribution in [2.24, 2.45) is 0 Å². The van der Waals surface area contributed by atoms with E-state index in [9.17, 15) is 9.18 Å². The fourth-order valence-corrected chi connectivity index (χ4v) is 6.19. The molecule has 5 aromatic rings. The number of carbonyl (C=O) groups is 1. The van der Waals surface area contributed by atoms with Crippen molar-refractivity contribution in [2.75, 3.05) is 12.4 Å². The molecule has 0 spiro atoms. The number of thiazole rings is 1. The monoisotopic (exact) mass is 663 g/mol. The predicted molar refractivity (Wildman–Crippen MR) is 181 cm³/mol. The summed E-state index contributed by atoms with van der Waals surface area (Å²) in [6.45, 7) is 16.2. The van der Waals surface area contributed by atoms with Gasteiger partial charge in [0.2, 0.25) is 0 Å². The maximum absolute atomic E-state index is 14.8. The molecule has 0 unspecified atom stereocenters. The van der Waals surface area contributed by atoms with Gasteiger partial charge in [0.05, 0.1) is 46.4 Å². The number of nitrogens with zero attached hydrogens (tertiary/aromatic N) is 4. The van der Waals surface area contributed by atoms with Crippen LogP contribution in [0.1, 0.15) is 40.2 Å². The summed E-state index contributed by atoms with van der Waals surface area (Å²) in [7, 11) is -0.742. The molecule has 3 aromatic heterocycles. The first-order valence-corrected chi connectivity index (χ1v) is 18.6. The molecule has 0 saturated carbocycles. The zero-order valence-corrected chi connectivity index (χ0v) is 29.2. The van der Waals surface area contributed by atoms with Crippen LogP contribution in [0.2, 0.25) is 18.1 Å². The van der Waals surface area contributed by atoms with Crippen molar-refractivity contribution in [3.05, 3.63) is 59.7 Å². The fraction of sp³-hybridized carbons (Fsp3) is 0.364. The van der Waals surface area contributed by atoms with E-state index >= 15 is 0 Å². The molecule has 46 heavy (non-hydrogen) atoms. The number of fused-ring (bicyclic) bond motifs is 2. The van der Waals surface area contributed by atoms with Crippen LogP contribution in [0.25, 0.3) is 32.4 Å². The van der Waals surface area contributed by atoms with Gasteiger partial charge in [-0.25, -0.2) is 19.7 Å². The second-order valence-corrected chi connectivity index (χ2v) is 18.3. The zero-order chi connectivity index (χ0) is 33.4. The van der Waals surface area contributed by atoms with E-state index in [2.05, 4.69) is 59.1 Å². The van der Waals surface area contributed by atoms with E-state index in [4.69, 9.17) is 18.6 Å². The Balaban J connectivity index is 1.37. The lowest BCUT2D eigenvalue weighted by molar-refractivity contribution is 0.0422. The number of aromatic nitrogens is 4. The lowest BCUT2D eigenvalue weighted by Crippen LogP contribution is -2.43. The van der Waals surface area contributed by atoms with E-state index in [1.165, 1.54) is 24.6 Å². The molecule has 5 rings (SSSR count). The lowest BCUT2D eigenvalue weighted by Gasteiger charge is -2.36. The van der Waals surface area contributed by atoms with Crippen molar-refractivity contribution >= 4 is 52.7 Å². The molecule has 242 valence electrons. The Morgan fingerprint density at radius 1 is 1.00 bits per heavy atom. The molecule has 13 heteroatoms. The van der Waals surface area contributed by atoms with Crippen LogP contribution in [-0.4, -0.2) is 53.7 Å². The molecule has 0 aliphatic rings. The third kappa shape index (κ3) is 7.05. The number of hydrogen-bond acceptors (Lipinski definition) is 10. The van der Waals surface area contributed by atoms with E-state index in [1.807, 2.05) is 38.1 Å². The summed E-state index contributed by atoms with van der Waals surface area (Å²) in [5.74, 6) is 0.0986. The third-order valence-electron chi connectivity index (χ3n) is 8.16. The molecular weight excluding hydrogens is 626 g/mol. The number of carbonyl (C=O) groups excluding carboxylic acids is 1. The van der Waals surface area contributed by atoms with Crippen LogP contribution in [0, 0.1) is 12.9 Å². The minimum Gasteiger partial charge on any atom is -0.542 e. The summed E-state index contributed by atoms with van der Waals surface area (Å²) in [6, 6.07) is 9.22. The highest BCUT2D eigenvalue weighted by Crippen LogP contribution is 2.40. The van der Waals surface area contributed by atoms with Gasteiger partial charge in [-0.1, -0.05) is 20.8 Å². The Hall–Kier alpha value is -4.36. The normalized spacial score (nSPS) is 13.3. The summed E-state index contributed by atoms with van der Waals surface area (Å²) in [5, 5.41) is 2.75. The smallest absolute Gasteiger partial charge is 0.412 e. The Kier molecular flexibility index (Phi) is 9.18. The highest BCUT2D eigenvalue weighted by Gasteiger charge is 2.39. The minimum atomic E-state index is -2.09. The van der Waals surface area contributed by atoms with Gasteiger partial charge in [-0.3, -0.25) is 10.3 Å². The van der Waals surface area contributed by atoms with Gasteiger partial charge < -0.3 is 18.6 Å². The standard InChI is InChI=1S/C33H38FN5O5SSi/c1-18-10-24(29-26(11-18)38-31(41-7)30(34)39-29)23-13-25-28(45-17-36-25)14-27(23)42-19(2)20(3)43-32(40)37-21-12-22(16-35-15-21)44-46(8,9)33(4,5)6/h10-17,19-20H,1-9H3,(H,37,40)/t19-,20+/m0/s1. The van der Waals surface area contributed by atoms with Crippen LogP contribution >= 0.6 is 11.3 Å². The Bertz CT molecular complexity index is 1910. The summed E-state index contributed by atoms with van der Waals surface area (Å²) in [6.07, 6.45) is 1.30. The van der Waals surface area contributed by atoms with Gasteiger partial charge in [-0.15, -0.1) is 11.3 Å². The number of ether oxygens (including phenoxy) is 3. The van der Waals surface area contributed by atoms with E-state index in [0.29, 0.717) is 39.3 Å². The number of pyridine rings is 1. The molecule has 10 nitrogen and oxygen atoms in total. The number of aryl methyl sites for hydroxylation is 1. The average Bonchev–Trinajstić information content (AvgIpc) is 3.43. The molecule has 2 atom stereocenters. The molecule has 0 radical (unpaired) electrons. The van der Waals surface area contributed by atoms with E-state index in [0.717, 1.165) is 15.8 Å². The molecule has 2 aromatic carbocycles. The summed E-state index contributed by atoms with van der Waals surface area (Å²) in [4.78, 5) is 30.1. The molecule has 0 saturated heterocycles. The van der Waals surface area contributed by atoms with Crippen molar-refractivity contribution in [1.29, 1.82) is 0 Å². The number of benzene rings is 2. The molecule has 1 N–H and O–H groups in total. The number of methoxy groups -OCH3 is 1. The van der Waals surface area contributed by atoms with Gasteiger partial charge in [0, 0.05) is 23.3 Å². The molecule has 0 aliphatic heterocycles. The predicted octanol–water partition coefficient (Wildman–Crippen LogP) is 8.55. The minimum absolute atomic E-state index is 0.00885. The zero-order valence-electron chi connectivity index (χ0n) is 27.4. The fourth-order valence-electron chi connectivity index (χ4n) is 4.49. The van der Waals surface area contributed by atoms with Gasteiger partial charge in [0.15, 0.2) is 0 Å². The van der Waals surface area contributed by atoms with Crippen LogP contribution in [0.15, 0.2) is 48.2 Å². The second kappa shape index (κ2) is 12.8. The van der Waals surface area contributed by atoms with Crippen LogP contribution in [0.3, 0.4) is 0 Å². The van der Waals surface area contributed by atoms with Gasteiger partial charge in [-0.05, 0) is 62.7 Å². The molecule has 3 heterocycles. The molecule has 0 aliphatic carbocycles. The number of amides is 1. The first-order valence-electron chi connectivity index (χ1n) is 14.8. The van der Waals surface area contributed by atoms with Gasteiger partial charge in [0.25, 0.3) is 20.1 Å². The molecule has 1 amide bonds.